The summed E-state index contributed by atoms with van der Waals surface area (Å²) >= 11 is 0. The lowest BCUT2D eigenvalue weighted by Crippen LogP contribution is -2.19. The van der Waals surface area contributed by atoms with E-state index in [0.29, 0.717) is 11.4 Å². The number of hydrogen-bond donors (Lipinski definition) is 0. The van der Waals surface area contributed by atoms with Crippen molar-refractivity contribution in [2.75, 3.05) is 0 Å². The Bertz CT molecular complexity index is 919. The molecule has 0 aliphatic carbocycles. The third kappa shape index (κ3) is 5.07. The summed E-state index contributed by atoms with van der Waals surface area (Å²) < 4.78 is 5.41. The molecule has 0 atom stereocenters. The van der Waals surface area contributed by atoms with Crippen molar-refractivity contribution in [1.29, 1.82) is 0 Å². The second kappa shape index (κ2) is 9.50. The van der Waals surface area contributed by atoms with Crippen LogP contribution in [0.5, 0.6) is 5.75 Å². The van der Waals surface area contributed by atoms with Crippen molar-refractivity contribution in [2.24, 2.45) is 16.1 Å². The molecule has 0 saturated heterocycles. The molecule has 1 aromatic heterocycles. The first-order chi connectivity index (χ1) is 13.7. The Kier molecular flexibility index (Phi) is 6.57. The average molecular weight is 374 g/mol. The molecule has 3 rings (SSSR count). The van der Waals surface area contributed by atoms with E-state index in [1.54, 1.807) is 36.7 Å². The third-order valence-corrected chi connectivity index (χ3v) is 4.42. The molecule has 0 N–H and O–H groups in total. The van der Waals surface area contributed by atoms with E-state index in [0.717, 1.165) is 29.7 Å². The number of ether oxygens (including phenoxy) is 1. The fourth-order valence-electron chi connectivity index (χ4n) is 2.69. The molecule has 0 unspecified atom stereocenters. The van der Waals surface area contributed by atoms with Crippen LogP contribution in [0.4, 0.5) is 11.4 Å². The number of benzene rings is 2. The van der Waals surface area contributed by atoms with Gasteiger partial charge in [0.25, 0.3) is 0 Å². The van der Waals surface area contributed by atoms with Crippen molar-refractivity contribution >= 4 is 17.3 Å². The highest BCUT2D eigenvalue weighted by Crippen LogP contribution is 2.24. The molecular formula is C22H22N4O2. The van der Waals surface area contributed by atoms with Gasteiger partial charge in [0.2, 0.25) is 0 Å². The van der Waals surface area contributed by atoms with Crippen molar-refractivity contribution in [2.45, 2.75) is 26.7 Å². The zero-order valence-corrected chi connectivity index (χ0v) is 15.9. The number of esters is 1. The van der Waals surface area contributed by atoms with Gasteiger partial charge in [0.05, 0.1) is 17.3 Å². The minimum Gasteiger partial charge on any atom is -0.426 e. The molecule has 0 radical (unpaired) electrons. The largest absolute Gasteiger partial charge is 0.426 e. The van der Waals surface area contributed by atoms with Gasteiger partial charge in [0.15, 0.2) is 0 Å². The van der Waals surface area contributed by atoms with E-state index in [4.69, 9.17) is 4.74 Å². The van der Waals surface area contributed by atoms with Gasteiger partial charge in [-0.2, -0.15) is 10.2 Å². The lowest BCUT2D eigenvalue weighted by atomic mass is 10.0. The average Bonchev–Trinajstić information content (AvgIpc) is 2.75. The van der Waals surface area contributed by atoms with Crippen molar-refractivity contribution in [3.05, 3.63) is 67.3 Å². The van der Waals surface area contributed by atoms with Gasteiger partial charge >= 0.3 is 5.97 Å². The molecule has 0 aliphatic heterocycles. The van der Waals surface area contributed by atoms with Crippen molar-refractivity contribution < 1.29 is 9.53 Å². The molecule has 6 heteroatoms. The molecule has 3 aromatic rings. The van der Waals surface area contributed by atoms with Gasteiger partial charge in [0.1, 0.15) is 12.1 Å². The molecule has 142 valence electrons. The van der Waals surface area contributed by atoms with Crippen LogP contribution in [0.25, 0.3) is 11.1 Å². The second-order valence-electron chi connectivity index (χ2n) is 6.30. The Morgan fingerprint density at radius 1 is 0.857 bits per heavy atom. The highest BCUT2D eigenvalue weighted by atomic mass is 16.5. The van der Waals surface area contributed by atoms with E-state index in [9.17, 15) is 4.79 Å². The Hall–Kier alpha value is -3.41. The van der Waals surface area contributed by atoms with Crippen LogP contribution in [0, 0.1) is 5.92 Å². The topological polar surface area (TPSA) is 76.8 Å². The summed E-state index contributed by atoms with van der Waals surface area (Å²) in [5, 5.41) is 8.47. The quantitative estimate of drug-likeness (QED) is 0.293. The first-order valence-corrected chi connectivity index (χ1v) is 9.28. The lowest BCUT2D eigenvalue weighted by Gasteiger charge is -2.11. The third-order valence-electron chi connectivity index (χ3n) is 4.42. The van der Waals surface area contributed by atoms with E-state index in [2.05, 4.69) is 20.2 Å². The summed E-state index contributed by atoms with van der Waals surface area (Å²) in [5.74, 6) is 0.262. The van der Waals surface area contributed by atoms with Gasteiger partial charge in [-0.1, -0.05) is 26.0 Å². The first kappa shape index (κ1) is 19.4. The van der Waals surface area contributed by atoms with Crippen LogP contribution in [0.2, 0.25) is 0 Å². The van der Waals surface area contributed by atoms with Gasteiger partial charge in [-0.25, -0.2) is 9.97 Å². The number of hydrogen-bond acceptors (Lipinski definition) is 6. The zero-order valence-electron chi connectivity index (χ0n) is 15.9. The van der Waals surface area contributed by atoms with Crippen LogP contribution in [0.15, 0.2) is 77.5 Å². The number of carbonyl (C=O) groups excluding carboxylic acids is 1. The lowest BCUT2D eigenvalue weighted by molar-refractivity contribution is -0.139. The maximum atomic E-state index is 12.0. The summed E-state index contributed by atoms with van der Waals surface area (Å²) in [7, 11) is 0. The molecular weight excluding hydrogens is 352 g/mol. The number of nitrogens with zero attached hydrogens (tertiary/aromatic N) is 4. The fourth-order valence-corrected chi connectivity index (χ4v) is 2.69. The smallest absolute Gasteiger partial charge is 0.314 e. The van der Waals surface area contributed by atoms with Crippen LogP contribution in [0.1, 0.15) is 26.7 Å². The van der Waals surface area contributed by atoms with E-state index in [-0.39, 0.29) is 11.9 Å². The molecule has 28 heavy (non-hydrogen) atoms. The Labute approximate surface area is 164 Å². The molecule has 0 amide bonds. The van der Waals surface area contributed by atoms with E-state index >= 15 is 0 Å². The molecule has 0 bridgehead atoms. The van der Waals surface area contributed by atoms with Gasteiger partial charge < -0.3 is 4.74 Å². The van der Waals surface area contributed by atoms with Gasteiger partial charge in [-0.15, -0.1) is 0 Å². The fraction of sp³-hybridized carbons (Fsp3) is 0.227. The number of aromatic nitrogens is 2. The van der Waals surface area contributed by atoms with Crippen LogP contribution in [-0.4, -0.2) is 15.9 Å². The molecule has 2 aromatic carbocycles. The SMILES string of the molecule is CCC(CC)C(=O)Oc1ccc(/N=N/c2ccc(-c3cncnc3)cc2)cc1. The molecule has 1 heterocycles. The standard InChI is InChI=1S/C22H22N4O2/c1-3-16(4-2)22(27)28-21-11-9-20(10-12-21)26-25-19-7-5-17(6-8-19)18-13-23-15-24-14-18/h5-16H,3-4H2,1-2H3/b26-25+. The summed E-state index contributed by atoms with van der Waals surface area (Å²) in [5.41, 5.74) is 3.39. The zero-order chi connectivity index (χ0) is 19.8. The Morgan fingerprint density at radius 3 is 1.93 bits per heavy atom. The van der Waals surface area contributed by atoms with Crippen LogP contribution in [-0.2, 0) is 4.79 Å². The van der Waals surface area contributed by atoms with Crippen LogP contribution < -0.4 is 4.74 Å². The van der Waals surface area contributed by atoms with Gasteiger partial charge in [-0.3, -0.25) is 4.79 Å². The summed E-state index contributed by atoms with van der Waals surface area (Å²) in [6.45, 7) is 3.97. The van der Waals surface area contributed by atoms with Crippen LogP contribution in [0.3, 0.4) is 0 Å². The highest BCUT2D eigenvalue weighted by Gasteiger charge is 2.16. The Morgan fingerprint density at radius 2 is 1.39 bits per heavy atom. The molecule has 6 nitrogen and oxygen atoms in total. The molecule has 0 saturated carbocycles. The maximum Gasteiger partial charge on any atom is 0.314 e. The van der Waals surface area contributed by atoms with Gasteiger partial charge in [-0.05, 0) is 54.8 Å². The Balaban J connectivity index is 1.62. The molecule has 0 aliphatic rings. The second-order valence-corrected chi connectivity index (χ2v) is 6.30. The molecule has 0 fully saturated rings. The monoisotopic (exact) mass is 374 g/mol. The van der Waals surface area contributed by atoms with Crippen molar-refractivity contribution in [3.8, 4) is 16.9 Å². The normalized spacial score (nSPS) is 11.1. The van der Waals surface area contributed by atoms with E-state index in [1.165, 1.54) is 6.33 Å². The maximum absolute atomic E-state index is 12.0. The van der Waals surface area contributed by atoms with E-state index in [1.807, 2.05) is 38.1 Å². The minimum absolute atomic E-state index is 0.0650. The van der Waals surface area contributed by atoms with Crippen molar-refractivity contribution in [3.63, 3.8) is 0 Å². The summed E-state index contributed by atoms with van der Waals surface area (Å²) in [6, 6.07) is 14.7. The predicted octanol–water partition coefficient (Wildman–Crippen LogP) is 5.90. The first-order valence-electron chi connectivity index (χ1n) is 9.28. The van der Waals surface area contributed by atoms with Crippen molar-refractivity contribution in [1.82, 2.24) is 9.97 Å². The van der Waals surface area contributed by atoms with Gasteiger partial charge in [0, 0.05) is 18.0 Å². The van der Waals surface area contributed by atoms with E-state index < -0.39 is 0 Å². The predicted molar refractivity (Wildman–Crippen MR) is 108 cm³/mol. The summed E-state index contributed by atoms with van der Waals surface area (Å²) in [6.07, 6.45) is 6.59. The number of carbonyl (C=O) groups is 1. The molecule has 0 spiro atoms. The highest BCUT2D eigenvalue weighted by molar-refractivity contribution is 5.75. The van der Waals surface area contributed by atoms with Crippen LogP contribution >= 0.6 is 0 Å². The number of azo groups is 1. The summed E-state index contributed by atoms with van der Waals surface area (Å²) in [4.78, 5) is 20.1. The minimum atomic E-state index is -0.191. The number of rotatable bonds is 7.